The molecule has 72 valence electrons. The fourth-order valence-electron chi connectivity index (χ4n) is 1.00. The summed E-state index contributed by atoms with van der Waals surface area (Å²) in [5, 5.41) is 9.35. The van der Waals surface area contributed by atoms with E-state index < -0.39 is 0 Å². The molecule has 1 aromatic carbocycles. The smallest absolute Gasteiger partial charge is 0.197 e. The van der Waals surface area contributed by atoms with Crippen LogP contribution in [0.3, 0.4) is 0 Å². The van der Waals surface area contributed by atoms with Gasteiger partial charge in [0.2, 0.25) is 0 Å². The molecule has 0 spiro atoms. The largest absolute Gasteiger partial charge is 0.504 e. The third-order valence-electron chi connectivity index (χ3n) is 1.56. The molecule has 0 amide bonds. The van der Waals surface area contributed by atoms with E-state index in [1.807, 2.05) is 6.92 Å². The van der Waals surface area contributed by atoms with Crippen molar-refractivity contribution in [1.82, 2.24) is 0 Å². The van der Waals surface area contributed by atoms with Gasteiger partial charge in [0.25, 0.3) is 0 Å². The van der Waals surface area contributed by atoms with Gasteiger partial charge in [0.15, 0.2) is 17.8 Å². The summed E-state index contributed by atoms with van der Waals surface area (Å²) in [5.41, 5.74) is 0. The molecule has 1 unspecified atom stereocenters. The van der Waals surface area contributed by atoms with Crippen LogP contribution >= 0.6 is 0 Å². The zero-order valence-electron chi connectivity index (χ0n) is 7.86. The van der Waals surface area contributed by atoms with Crippen molar-refractivity contribution in [3.05, 3.63) is 24.3 Å². The SMILES string of the molecule is CCOC(C)Oc1ccccc1O. The van der Waals surface area contributed by atoms with Crippen LogP contribution in [-0.2, 0) is 4.74 Å². The third-order valence-corrected chi connectivity index (χ3v) is 1.56. The van der Waals surface area contributed by atoms with Gasteiger partial charge in [-0.25, -0.2) is 0 Å². The number of aromatic hydroxyl groups is 1. The molecule has 0 radical (unpaired) electrons. The Morgan fingerprint density at radius 2 is 2.08 bits per heavy atom. The molecule has 0 saturated carbocycles. The number of rotatable bonds is 4. The quantitative estimate of drug-likeness (QED) is 0.725. The lowest BCUT2D eigenvalue weighted by atomic mass is 10.3. The lowest BCUT2D eigenvalue weighted by molar-refractivity contribution is -0.0623. The zero-order chi connectivity index (χ0) is 9.68. The maximum absolute atomic E-state index is 9.35. The second-order valence-corrected chi connectivity index (χ2v) is 2.61. The van der Waals surface area contributed by atoms with E-state index in [1.165, 1.54) is 0 Å². The van der Waals surface area contributed by atoms with Crippen molar-refractivity contribution < 1.29 is 14.6 Å². The second kappa shape index (κ2) is 4.72. The van der Waals surface area contributed by atoms with Crippen LogP contribution < -0.4 is 4.74 Å². The molecule has 1 rings (SSSR count). The Morgan fingerprint density at radius 1 is 1.38 bits per heavy atom. The topological polar surface area (TPSA) is 38.7 Å². The number of hydrogen-bond acceptors (Lipinski definition) is 3. The Labute approximate surface area is 77.9 Å². The molecular formula is C10H14O3. The fourth-order valence-corrected chi connectivity index (χ4v) is 1.00. The van der Waals surface area contributed by atoms with E-state index in [-0.39, 0.29) is 12.0 Å². The van der Waals surface area contributed by atoms with Crippen LogP contribution in [0.5, 0.6) is 11.5 Å². The lowest BCUT2D eigenvalue weighted by Crippen LogP contribution is -2.15. The molecule has 0 aliphatic heterocycles. The highest BCUT2D eigenvalue weighted by Crippen LogP contribution is 2.25. The minimum absolute atomic E-state index is 0.133. The maximum atomic E-state index is 9.35. The van der Waals surface area contributed by atoms with Gasteiger partial charge in [0.1, 0.15) is 0 Å². The highest BCUT2D eigenvalue weighted by molar-refractivity contribution is 5.37. The highest BCUT2D eigenvalue weighted by Gasteiger charge is 2.05. The number of para-hydroxylation sites is 2. The molecule has 13 heavy (non-hydrogen) atoms. The van der Waals surface area contributed by atoms with Crippen molar-refractivity contribution in [3.8, 4) is 11.5 Å². The van der Waals surface area contributed by atoms with E-state index in [9.17, 15) is 5.11 Å². The summed E-state index contributed by atoms with van der Waals surface area (Å²) in [6.07, 6.45) is -0.335. The number of phenolic OH excluding ortho intramolecular Hbond substituents is 1. The Bertz CT molecular complexity index is 260. The van der Waals surface area contributed by atoms with Crippen molar-refractivity contribution in [1.29, 1.82) is 0 Å². The standard InChI is InChI=1S/C10H14O3/c1-3-12-8(2)13-10-7-5-4-6-9(10)11/h4-8,11H,3H2,1-2H3. The summed E-state index contributed by atoms with van der Waals surface area (Å²) in [7, 11) is 0. The first-order valence-corrected chi connectivity index (χ1v) is 4.30. The van der Waals surface area contributed by atoms with Crippen LogP contribution in [0.1, 0.15) is 13.8 Å². The summed E-state index contributed by atoms with van der Waals surface area (Å²) in [5.74, 6) is 0.581. The fraction of sp³-hybridized carbons (Fsp3) is 0.400. The first-order chi connectivity index (χ1) is 6.24. The molecule has 3 nitrogen and oxygen atoms in total. The predicted octanol–water partition coefficient (Wildman–Crippen LogP) is 2.15. The highest BCUT2D eigenvalue weighted by atomic mass is 16.7. The Balaban J connectivity index is 2.58. The van der Waals surface area contributed by atoms with Crippen molar-refractivity contribution in [2.45, 2.75) is 20.1 Å². The van der Waals surface area contributed by atoms with Crippen molar-refractivity contribution in [3.63, 3.8) is 0 Å². The van der Waals surface area contributed by atoms with Gasteiger partial charge < -0.3 is 14.6 Å². The van der Waals surface area contributed by atoms with Crippen LogP contribution in [0.25, 0.3) is 0 Å². The third kappa shape index (κ3) is 2.95. The molecule has 1 atom stereocenters. The first-order valence-electron chi connectivity index (χ1n) is 4.30. The van der Waals surface area contributed by atoms with Gasteiger partial charge in [-0.15, -0.1) is 0 Å². The van der Waals surface area contributed by atoms with Gasteiger partial charge in [-0.2, -0.15) is 0 Å². The first kappa shape index (κ1) is 9.86. The normalized spacial score (nSPS) is 12.5. The summed E-state index contributed by atoms with van der Waals surface area (Å²) in [6.45, 7) is 4.27. The van der Waals surface area contributed by atoms with Crippen LogP contribution in [0.4, 0.5) is 0 Å². The maximum Gasteiger partial charge on any atom is 0.197 e. The summed E-state index contributed by atoms with van der Waals surface area (Å²) >= 11 is 0. The van der Waals surface area contributed by atoms with Gasteiger partial charge in [0.05, 0.1) is 0 Å². The molecule has 3 heteroatoms. The summed E-state index contributed by atoms with van der Waals surface area (Å²) in [4.78, 5) is 0. The minimum atomic E-state index is -0.335. The molecular weight excluding hydrogens is 168 g/mol. The van der Waals surface area contributed by atoms with Gasteiger partial charge in [0, 0.05) is 6.61 Å². The molecule has 0 aliphatic rings. The van der Waals surface area contributed by atoms with Crippen molar-refractivity contribution in [2.24, 2.45) is 0 Å². The average Bonchev–Trinajstić information content (AvgIpc) is 2.09. The number of benzene rings is 1. The Morgan fingerprint density at radius 3 is 2.69 bits per heavy atom. The second-order valence-electron chi connectivity index (χ2n) is 2.61. The van der Waals surface area contributed by atoms with Crippen LogP contribution in [0, 0.1) is 0 Å². The molecule has 0 fully saturated rings. The van der Waals surface area contributed by atoms with Gasteiger partial charge in [-0.05, 0) is 26.0 Å². The van der Waals surface area contributed by atoms with Crippen molar-refractivity contribution in [2.75, 3.05) is 6.61 Å². The van der Waals surface area contributed by atoms with E-state index in [2.05, 4.69) is 0 Å². The Kier molecular flexibility index (Phi) is 3.58. The van der Waals surface area contributed by atoms with Crippen molar-refractivity contribution >= 4 is 0 Å². The summed E-state index contributed by atoms with van der Waals surface area (Å²) in [6, 6.07) is 6.82. The molecule has 1 aromatic rings. The van der Waals surface area contributed by atoms with Gasteiger partial charge >= 0.3 is 0 Å². The molecule has 0 saturated heterocycles. The number of ether oxygens (including phenoxy) is 2. The van der Waals surface area contributed by atoms with E-state index in [0.29, 0.717) is 12.4 Å². The molecule has 1 N–H and O–H groups in total. The van der Waals surface area contributed by atoms with E-state index in [4.69, 9.17) is 9.47 Å². The van der Waals surface area contributed by atoms with E-state index in [1.54, 1.807) is 31.2 Å². The molecule has 0 aliphatic carbocycles. The molecule has 0 aromatic heterocycles. The average molecular weight is 182 g/mol. The Hall–Kier alpha value is -1.22. The monoisotopic (exact) mass is 182 g/mol. The predicted molar refractivity (Wildman–Crippen MR) is 49.8 cm³/mol. The van der Waals surface area contributed by atoms with Crippen LogP contribution in [0.2, 0.25) is 0 Å². The molecule has 0 bridgehead atoms. The zero-order valence-corrected chi connectivity index (χ0v) is 7.86. The number of phenols is 1. The minimum Gasteiger partial charge on any atom is -0.504 e. The molecule has 0 heterocycles. The van der Waals surface area contributed by atoms with Gasteiger partial charge in [-0.3, -0.25) is 0 Å². The number of hydrogen-bond donors (Lipinski definition) is 1. The lowest BCUT2D eigenvalue weighted by Gasteiger charge is -2.14. The summed E-state index contributed by atoms with van der Waals surface area (Å²) < 4.78 is 10.5. The van der Waals surface area contributed by atoms with Crippen LogP contribution in [-0.4, -0.2) is 18.0 Å². The van der Waals surface area contributed by atoms with E-state index >= 15 is 0 Å². The van der Waals surface area contributed by atoms with E-state index in [0.717, 1.165) is 0 Å². The van der Waals surface area contributed by atoms with Crippen LogP contribution in [0.15, 0.2) is 24.3 Å². The van der Waals surface area contributed by atoms with Gasteiger partial charge in [-0.1, -0.05) is 12.1 Å².